The van der Waals surface area contributed by atoms with Gasteiger partial charge in [-0.2, -0.15) is 0 Å². The van der Waals surface area contributed by atoms with Crippen LogP contribution >= 0.6 is 0 Å². The van der Waals surface area contributed by atoms with E-state index in [-0.39, 0.29) is 12.0 Å². The Kier molecular flexibility index (Phi) is 3.35. The van der Waals surface area contributed by atoms with Crippen LogP contribution in [-0.4, -0.2) is 11.6 Å². The van der Waals surface area contributed by atoms with Gasteiger partial charge in [0.15, 0.2) is 6.10 Å². The first-order valence-corrected chi connectivity index (χ1v) is 8.77. The van der Waals surface area contributed by atoms with Crippen LogP contribution in [0.2, 0.25) is 0 Å². The number of carbonyl (C=O) groups excluding carboxylic acids is 1. The number of carbonyl (C=O) groups is 1. The molecule has 3 unspecified atom stereocenters. The van der Waals surface area contributed by atoms with E-state index in [0.717, 1.165) is 11.3 Å². The molecule has 3 aliphatic heterocycles. The normalized spacial score (nSPS) is 26.1. The Morgan fingerprint density at radius 3 is 2.72 bits per heavy atom. The van der Waals surface area contributed by atoms with E-state index in [2.05, 4.69) is 27.9 Å². The molecule has 1 saturated heterocycles. The number of nitrogens with zero attached hydrogens (tertiary/aromatic N) is 1. The average Bonchev–Trinajstić information content (AvgIpc) is 3.38. The van der Waals surface area contributed by atoms with Crippen LogP contribution in [-0.2, 0) is 9.63 Å². The number of amides is 1. The van der Waals surface area contributed by atoms with E-state index < -0.39 is 0 Å². The van der Waals surface area contributed by atoms with Crippen LogP contribution in [0, 0.1) is 0 Å². The molecule has 3 heterocycles. The highest BCUT2D eigenvalue weighted by atomic mass is 16.6. The first kappa shape index (κ1) is 14.7. The van der Waals surface area contributed by atoms with E-state index in [1.54, 1.807) is 0 Å². The van der Waals surface area contributed by atoms with Gasteiger partial charge in [-0.1, -0.05) is 41.6 Å². The van der Waals surface area contributed by atoms with Crippen molar-refractivity contribution in [3.05, 3.63) is 65.2 Å². The van der Waals surface area contributed by atoms with Gasteiger partial charge in [0, 0.05) is 24.2 Å². The lowest BCUT2D eigenvalue weighted by atomic mass is 9.91. The van der Waals surface area contributed by atoms with Crippen LogP contribution in [0.5, 0.6) is 0 Å². The van der Waals surface area contributed by atoms with Gasteiger partial charge in [0.25, 0.3) is 5.91 Å². The van der Waals surface area contributed by atoms with Crippen LogP contribution in [0.3, 0.4) is 0 Å². The summed E-state index contributed by atoms with van der Waals surface area (Å²) in [4.78, 5) is 18.0. The fourth-order valence-corrected chi connectivity index (χ4v) is 4.07. The molecule has 3 aliphatic rings. The Labute approximate surface area is 146 Å². The maximum Gasteiger partial charge on any atom is 0.273 e. The van der Waals surface area contributed by atoms with E-state index in [9.17, 15) is 4.79 Å². The van der Waals surface area contributed by atoms with E-state index in [1.807, 2.05) is 36.4 Å². The third-order valence-corrected chi connectivity index (χ3v) is 5.34. The standard InChI is InChI=1S/C20H19N3O2/c24-20(18-11-19(25-23-18)12-4-2-1-3-5-12)21-13-6-7-14-15(10-13)17-9-8-16(14)22-17/h1-7,10,16-17,19,22H,8-9,11H2,(H,21,24). The maximum atomic E-state index is 12.5. The Balaban J connectivity index is 1.28. The molecular weight excluding hydrogens is 314 g/mol. The zero-order chi connectivity index (χ0) is 16.8. The minimum Gasteiger partial charge on any atom is -0.387 e. The maximum absolute atomic E-state index is 12.5. The summed E-state index contributed by atoms with van der Waals surface area (Å²) in [7, 11) is 0. The van der Waals surface area contributed by atoms with Gasteiger partial charge in [-0.15, -0.1) is 0 Å². The Morgan fingerprint density at radius 2 is 1.88 bits per heavy atom. The number of anilines is 1. The average molecular weight is 333 g/mol. The summed E-state index contributed by atoms with van der Waals surface area (Å²) in [6.07, 6.45) is 2.70. The Morgan fingerprint density at radius 1 is 1.08 bits per heavy atom. The lowest BCUT2D eigenvalue weighted by molar-refractivity contribution is -0.110. The molecular formula is C20H19N3O2. The van der Waals surface area contributed by atoms with Crippen molar-refractivity contribution in [2.24, 2.45) is 5.16 Å². The summed E-state index contributed by atoms with van der Waals surface area (Å²) in [5, 5.41) is 10.6. The monoisotopic (exact) mass is 333 g/mol. The van der Waals surface area contributed by atoms with Crippen molar-refractivity contribution in [2.45, 2.75) is 37.5 Å². The molecule has 126 valence electrons. The van der Waals surface area contributed by atoms with Gasteiger partial charge >= 0.3 is 0 Å². The molecule has 1 fully saturated rings. The largest absolute Gasteiger partial charge is 0.387 e. The lowest BCUT2D eigenvalue weighted by Gasteiger charge is -2.14. The van der Waals surface area contributed by atoms with Crippen molar-refractivity contribution < 1.29 is 9.63 Å². The van der Waals surface area contributed by atoms with Gasteiger partial charge in [0.1, 0.15) is 5.71 Å². The topological polar surface area (TPSA) is 62.7 Å². The van der Waals surface area contributed by atoms with Crippen LogP contribution in [0.25, 0.3) is 0 Å². The van der Waals surface area contributed by atoms with E-state index in [0.29, 0.717) is 24.2 Å². The summed E-state index contributed by atoms with van der Waals surface area (Å²) in [6.45, 7) is 0. The highest BCUT2D eigenvalue weighted by Gasteiger charge is 2.36. The van der Waals surface area contributed by atoms with Gasteiger partial charge in [0.05, 0.1) is 0 Å². The number of nitrogens with one attached hydrogen (secondary N) is 2. The number of benzene rings is 2. The number of fused-ring (bicyclic) bond motifs is 5. The fraction of sp³-hybridized carbons (Fsp3) is 0.300. The zero-order valence-electron chi connectivity index (χ0n) is 13.7. The van der Waals surface area contributed by atoms with Crippen molar-refractivity contribution in [1.82, 2.24) is 5.32 Å². The van der Waals surface area contributed by atoms with Gasteiger partial charge in [0.2, 0.25) is 0 Å². The molecule has 2 N–H and O–H groups in total. The van der Waals surface area contributed by atoms with Crippen LogP contribution in [0.4, 0.5) is 5.69 Å². The molecule has 5 heteroatoms. The molecule has 0 radical (unpaired) electrons. The summed E-state index contributed by atoms with van der Waals surface area (Å²) in [6, 6.07) is 17.0. The van der Waals surface area contributed by atoms with Gasteiger partial charge in [-0.25, -0.2) is 0 Å². The van der Waals surface area contributed by atoms with Crippen molar-refractivity contribution in [3.63, 3.8) is 0 Å². The predicted octanol–water partition coefficient (Wildman–Crippen LogP) is 3.62. The van der Waals surface area contributed by atoms with Gasteiger partial charge in [-0.3, -0.25) is 4.79 Å². The molecule has 1 amide bonds. The quantitative estimate of drug-likeness (QED) is 0.902. The third kappa shape index (κ3) is 2.51. The second-order valence-electron chi connectivity index (χ2n) is 6.89. The van der Waals surface area contributed by atoms with Crippen molar-refractivity contribution >= 4 is 17.3 Å². The first-order chi connectivity index (χ1) is 12.3. The smallest absolute Gasteiger partial charge is 0.273 e. The van der Waals surface area contributed by atoms with Gasteiger partial charge in [-0.05, 0) is 41.7 Å². The predicted molar refractivity (Wildman–Crippen MR) is 95.2 cm³/mol. The SMILES string of the molecule is O=C(Nc1ccc2c(c1)C1CCC2N1)C1=NOC(c2ccccc2)C1. The van der Waals surface area contributed by atoms with Crippen molar-refractivity contribution in [2.75, 3.05) is 5.32 Å². The zero-order valence-corrected chi connectivity index (χ0v) is 13.7. The van der Waals surface area contributed by atoms with Gasteiger partial charge < -0.3 is 15.5 Å². The molecule has 0 aliphatic carbocycles. The fourth-order valence-electron chi connectivity index (χ4n) is 4.07. The molecule has 3 atom stereocenters. The number of hydrogen-bond donors (Lipinski definition) is 2. The van der Waals surface area contributed by atoms with Crippen LogP contribution < -0.4 is 10.6 Å². The summed E-state index contributed by atoms with van der Waals surface area (Å²) in [5.41, 5.74) is 4.99. The Bertz CT molecular complexity index is 862. The van der Waals surface area contributed by atoms with Crippen LogP contribution in [0.1, 0.15) is 54.1 Å². The second-order valence-corrected chi connectivity index (χ2v) is 6.89. The molecule has 0 saturated carbocycles. The molecule has 2 aromatic carbocycles. The van der Waals surface area contributed by atoms with Crippen molar-refractivity contribution in [1.29, 1.82) is 0 Å². The second kappa shape index (κ2) is 5.70. The first-order valence-electron chi connectivity index (χ1n) is 8.77. The highest BCUT2D eigenvalue weighted by Crippen LogP contribution is 2.45. The van der Waals surface area contributed by atoms with E-state index in [4.69, 9.17) is 4.84 Å². The summed E-state index contributed by atoms with van der Waals surface area (Å²) < 4.78 is 0. The minimum atomic E-state index is -0.186. The summed E-state index contributed by atoms with van der Waals surface area (Å²) >= 11 is 0. The number of rotatable bonds is 3. The van der Waals surface area contributed by atoms with E-state index >= 15 is 0 Å². The van der Waals surface area contributed by atoms with E-state index in [1.165, 1.54) is 24.0 Å². The molecule has 2 bridgehead atoms. The minimum absolute atomic E-state index is 0.179. The molecule has 2 aromatic rings. The molecule has 25 heavy (non-hydrogen) atoms. The number of hydrogen-bond acceptors (Lipinski definition) is 4. The molecule has 0 aromatic heterocycles. The molecule has 0 spiro atoms. The van der Waals surface area contributed by atoms with Crippen LogP contribution in [0.15, 0.2) is 53.7 Å². The molecule has 5 rings (SSSR count). The highest BCUT2D eigenvalue weighted by molar-refractivity contribution is 6.43. The van der Waals surface area contributed by atoms with Crippen molar-refractivity contribution in [3.8, 4) is 0 Å². The lowest BCUT2D eigenvalue weighted by Crippen LogP contribution is -2.22. The third-order valence-electron chi connectivity index (χ3n) is 5.34. The number of oxime groups is 1. The Hall–Kier alpha value is -2.66. The molecule has 5 nitrogen and oxygen atoms in total. The summed E-state index contributed by atoms with van der Waals surface area (Å²) in [5.74, 6) is -0.186.